The van der Waals surface area contributed by atoms with Gasteiger partial charge in [0, 0.05) is 51.0 Å². The molecule has 3 saturated heterocycles. The molecular weight excluding hydrogens is 543 g/mol. The van der Waals surface area contributed by atoms with Gasteiger partial charge in [0.25, 0.3) is 5.91 Å². The first-order valence-corrected chi connectivity index (χ1v) is 14.3. The summed E-state index contributed by atoms with van der Waals surface area (Å²) < 4.78 is 61.0. The standard InChI is InChI=1S/C28H38F3N5O5/c1-17-25(27(37)36-11-8-18(9-12-36)35-20-10-13-39-15-23(20)38-2)33-16-34-26(17)32-14-19-4-3-5-21(40-19)22-6-7-24(41-22)28(29,30)31/h6-7,16,18-21,23,35H,3-5,8-15H2,1-2H3,(H,32,33,34). The van der Waals surface area contributed by atoms with Crippen LogP contribution in [0.3, 0.4) is 0 Å². The topological polar surface area (TPSA) is 111 Å². The highest BCUT2D eigenvalue weighted by atomic mass is 19.4. The smallest absolute Gasteiger partial charge is 0.449 e. The van der Waals surface area contributed by atoms with Gasteiger partial charge in [0.05, 0.1) is 18.8 Å². The molecule has 226 valence electrons. The number of nitrogens with zero attached hydrogens (tertiary/aromatic N) is 3. The van der Waals surface area contributed by atoms with Gasteiger partial charge in [0.2, 0.25) is 5.76 Å². The van der Waals surface area contributed by atoms with Crippen molar-refractivity contribution in [2.75, 3.05) is 45.3 Å². The highest BCUT2D eigenvalue weighted by Crippen LogP contribution is 2.37. The number of hydrogen-bond donors (Lipinski definition) is 2. The minimum atomic E-state index is -4.53. The SMILES string of the molecule is COC1COCCC1NC1CCN(C(=O)c2ncnc(NCC3CCCC(c4ccc(C(F)(F)F)o4)O3)c2C)CC1. The van der Waals surface area contributed by atoms with Crippen LogP contribution < -0.4 is 10.6 Å². The lowest BCUT2D eigenvalue weighted by atomic mass is 9.99. The molecule has 2 N–H and O–H groups in total. The summed E-state index contributed by atoms with van der Waals surface area (Å²) in [4.78, 5) is 23.8. The average molecular weight is 582 g/mol. The van der Waals surface area contributed by atoms with E-state index in [1.165, 1.54) is 12.4 Å². The van der Waals surface area contributed by atoms with Crippen molar-refractivity contribution in [3.63, 3.8) is 0 Å². The van der Waals surface area contributed by atoms with Crippen LogP contribution in [0.4, 0.5) is 19.0 Å². The summed E-state index contributed by atoms with van der Waals surface area (Å²) >= 11 is 0. The number of nitrogens with one attached hydrogen (secondary N) is 2. The van der Waals surface area contributed by atoms with Crippen molar-refractivity contribution in [2.24, 2.45) is 0 Å². The number of alkyl halides is 3. The third kappa shape index (κ3) is 7.19. The van der Waals surface area contributed by atoms with Gasteiger partial charge >= 0.3 is 6.18 Å². The van der Waals surface area contributed by atoms with E-state index in [-0.39, 0.29) is 29.9 Å². The maximum Gasteiger partial charge on any atom is 0.449 e. The molecule has 10 nitrogen and oxygen atoms in total. The number of halogens is 3. The normalized spacial score (nSPS) is 26.2. The number of amides is 1. The van der Waals surface area contributed by atoms with Crippen molar-refractivity contribution in [1.82, 2.24) is 20.2 Å². The van der Waals surface area contributed by atoms with Gasteiger partial charge in [-0.2, -0.15) is 13.2 Å². The minimum absolute atomic E-state index is 0.0373. The Kier molecular flexibility index (Phi) is 9.47. The summed E-state index contributed by atoms with van der Waals surface area (Å²) in [5.74, 6) is -0.435. The van der Waals surface area contributed by atoms with E-state index in [1.807, 2.05) is 11.8 Å². The van der Waals surface area contributed by atoms with Crippen LogP contribution in [-0.4, -0.2) is 85.0 Å². The van der Waals surface area contributed by atoms with Crippen LogP contribution >= 0.6 is 0 Å². The molecule has 0 aromatic carbocycles. The first-order chi connectivity index (χ1) is 19.7. The summed E-state index contributed by atoms with van der Waals surface area (Å²) in [7, 11) is 1.71. The molecule has 5 rings (SSSR count). The fraction of sp³-hybridized carbons (Fsp3) is 0.679. The molecular formula is C28H38F3N5O5. The van der Waals surface area contributed by atoms with Crippen LogP contribution in [0.5, 0.6) is 0 Å². The molecule has 41 heavy (non-hydrogen) atoms. The molecule has 3 aliphatic rings. The van der Waals surface area contributed by atoms with E-state index < -0.39 is 18.0 Å². The van der Waals surface area contributed by atoms with Gasteiger partial charge in [-0.25, -0.2) is 9.97 Å². The number of furan rings is 1. The maximum absolute atomic E-state index is 13.4. The molecule has 4 atom stereocenters. The van der Waals surface area contributed by atoms with Gasteiger partial charge in [-0.15, -0.1) is 0 Å². The van der Waals surface area contributed by atoms with E-state index in [0.29, 0.717) is 55.8 Å². The molecule has 13 heteroatoms. The first kappa shape index (κ1) is 29.7. The third-order valence-corrected chi connectivity index (χ3v) is 8.20. The van der Waals surface area contributed by atoms with Crippen LogP contribution in [-0.2, 0) is 20.4 Å². The highest BCUT2D eigenvalue weighted by molar-refractivity contribution is 5.94. The lowest BCUT2D eigenvalue weighted by Gasteiger charge is -2.38. The number of rotatable bonds is 8. The van der Waals surface area contributed by atoms with Gasteiger partial charge in [-0.05, 0) is 57.6 Å². The number of aromatic nitrogens is 2. The van der Waals surface area contributed by atoms with Crippen molar-refractivity contribution in [1.29, 1.82) is 0 Å². The largest absolute Gasteiger partial charge is 0.454 e. The predicted octanol–water partition coefficient (Wildman–Crippen LogP) is 4.12. The lowest BCUT2D eigenvalue weighted by Crippen LogP contribution is -2.54. The van der Waals surface area contributed by atoms with E-state index >= 15 is 0 Å². The summed E-state index contributed by atoms with van der Waals surface area (Å²) in [5, 5.41) is 6.96. The number of ether oxygens (including phenoxy) is 3. The Labute approximate surface area is 237 Å². The Morgan fingerprint density at radius 3 is 2.68 bits per heavy atom. The zero-order valence-electron chi connectivity index (χ0n) is 23.4. The summed E-state index contributed by atoms with van der Waals surface area (Å²) in [6.45, 7) is 4.77. The lowest BCUT2D eigenvalue weighted by molar-refractivity contribution is -0.155. The molecule has 0 radical (unpaired) electrons. The molecule has 3 aliphatic heterocycles. The Hall–Kier alpha value is -2.74. The second-order valence-electron chi connectivity index (χ2n) is 10.9. The monoisotopic (exact) mass is 581 g/mol. The third-order valence-electron chi connectivity index (χ3n) is 8.20. The summed E-state index contributed by atoms with van der Waals surface area (Å²) in [5.41, 5.74) is 1.01. The highest BCUT2D eigenvalue weighted by Gasteiger charge is 2.36. The van der Waals surface area contributed by atoms with E-state index in [1.54, 1.807) is 7.11 Å². The van der Waals surface area contributed by atoms with Gasteiger partial charge in [-0.3, -0.25) is 4.79 Å². The zero-order valence-corrected chi connectivity index (χ0v) is 23.4. The number of piperidine rings is 1. The molecule has 0 bridgehead atoms. The second-order valence-corrected chi connectivity index (χ2v) is 10.9. The number of methoxy groups -OCH3 is 1. The van der Waals surface area contributed by atoms with Crippen LogP contribution in [0.25, 0.3) is 0 Å². The molecule has 0 saturated carbocycles. The van der Waals surface area contributed by atoms with Crippen LogP contribution in [0.2, 0.25) is 0 Å². The Morgan fingerprint density at radius 1 is 1.15 bits per heavy atom. The van der Waals surface area contributed by atoms with E-state index in [4.69, 9.17) is 18.6 Å². The minimum Gasteiger partial charge on any atom is -0.454 e. The fourth-order valence-electron chi connectivity index (χ4n) is 5.83. The molecule has 2 aromatic rings. The first-order valence-electron chi connectivity index (χ1n) is 14.3. The maximum atomic E-state index is 13.4. The van der Waals surface area contributed by atoms with E-state index in [9.17, 15) is 18.0 Å². The zero-order chi connectivity index (χ0) is 29.0. The molecule has 5 heterocycles. The molecule has 3 fully saturated rings. The molecule has 0 spiro atoms. The van der Waals surface area contributed by atoms with Crippen LogP contribution in [0.1, 0.15) is 72.2 Å². The van der Waals surface area contributed by atoms with Gasteiger partial charge < -0.3 is 34.2 Å². The summed E-state index contributed by atoms with van der Waals surface area (Å²) in [6.07, 6.45) is 0.798. The second kappa shape index (κ2) is 13.1. The fourth-order valence-corrected chi connectivity index (χ4v) is 5.83. The summed E-state index contributed by atoms with van der Waals surface area (Å²) in [6, 6.07) is 2.82. The van der Waals surface area contributed by atoms with Crippen LogP contribution in [0, 0.1) is 6.92 Å². The molecule has 1 amide bonds. The molecule has 0 aliphatic carbocycles. The molecule has 2 aromatic heterocycles. The van der Waals surface area contributed by atoms with Crippen molar-refractivity contribution in [2.45, 2.75) is 82.0 Å². The van der Waals surface area contributed by atoms with E-state index in [0.717, 1.165) is 44.8 Å². The van der Waals surface area contributed by atoms with E-state index in [2.05, 4.69) is 20.6 Å². The van der Waals surface area contributed by atoms with Crippen molar-refractivity contribution in [3.8, 4) is 0 Å². The number of anilines is 1. The van der Waals surface area contributed by atoms with Crippen molar-refractivity contribution in [3.05, 3.63) is 41.2 Å². The molecule has 4 unspecified atom stereocenters. The van der Waals surface area contributed by atoms with Gasteiger partial charge in [0.15, 0.2) is 0 Å². The Balaban J connectivity index is 1.13. The van der Waals surface area contributed by atoms with Gasteiger partial charge in [-0.1, -0.05) is 0 Å². The van der Waals surface area contributed by atoms with Crippen LogP contribution in [0.15, 0.2) is 22.9 Å². The quantitative estimate of drug-likeness (QED) is 0.476. The number of likely N-dealkylation sites (tertiary alicyclic amines) is 1. The number of hydrogen-bond acceptors (Lipinski definition) is 9. The average Bonchev–Trinajstić information content (AvgIpc) is 3.49. The number of carbonyl (C=O) groups is 1. The Morgan fingerprint density at radius 2 is 1.95 bits per heavy atom. The van der Waals surface area contributed by atoms with Crippen molar-refractivity contribution >= 4 is 11.7 Å². The van der Waals surface area contributed by atoms with Crippen molar-refractivity contribution < 1.29 is 36.6 Å². The van der Waals surface area contributed by atoms with Gasteiger partial charge in [0.1, 0.15) is 29.7 Å². The number of carbonyl (C=O) groups excluding carboxylic acids is 1. The Bertz CT molecular complexity index is 1170. The predicted molar refractivity (Wildman–Crippen MR) is 143 cm³/mol.